The molecule has 0 saturated heterocycles. The van der Waals surface area contributed by atoms with E-state index >= 15 is 0 Å². The van der Waals surface area contributed by atoms with Gasteiger partial charge in [-0.25, -0.2) is 13.1 Å². The lowest BCUT2D eigenvalue weighted by molar-refractivity contribution is -0.116. The summed E-state index contributed by atoms with van der Waals surface area (Å²) in [5, 5.41) is 2.74. The average molecular weight is 398 g/mol. The molecule has 142 valence electrons. The number of carbonyl (C=O) groups is 1. The Bertz CT molecular complexity index is 841. The topological polar surface area (TPSA) is 101 Å². The van der Waals surface area contributed by atoms with E-state index in [1.807, 2.05) is 31.2 Å². The fraction of sp³-hybridized carbons (Fsp3) is 0.278. The van der Waals surface area contributed by atoms with Gasteiger partial charge in [-0.2, -0.15) is 0 Å². The number of sulfonamides is 1. The molecule has 1 amide bonds. The summed E-state index contributed by atoms with van der Waals surface area (Å²) >= 11 is 0. The monoisotopic (exact) mass is 397 g/mol. The van der Waals surface area contributed by atoms with Crippen molar-refractivity contribution in [3.8, 4) is 0 Å². The van der Waals surface area contributed by atoms with Crippen LogP contribution in [0.3, 0.4) is 0 Å². The van der Waals surface area contributed by atoms with Gasteiger partial charge in [-0.05, 0) is 37.1 Å². The van der Waals surface area contributed by atoms with Crippen LogP contribution in [-0.4, -0.2) is 27.4 Å². The molecule has 2 aromatic carbocycles. The van der Waals surface area contributed by atoms with Crippen molar-refractivity contribution >= 4 is 34.0 Å². The number of nitrogens with two attached hydrogens (primary N) is 1. The fourth-order valence-electron chi connectivity index (χ4n) is 2.37. The second kappa shape index (κ2) is 10.3. The molecular formula is C18H24ClN3O3S. The number of amides is 1. The minimum Gasteiger partial charge on any atom is -0.329 e. The van der Waals surface area contributed by atoms with Gasteiger partial charge in [0, 0.05) is 25.2 Å². The van der Waals surface area contributed by atoms with Gasteiger partial charge in [0.1, 0.15) is 0 Å². The number of aryl methyl sites for hydroxylation is 2. The lowest BCUT2D eigenvalue weighted by atomic mass is 10.1. The lowest BCUT2D eigenvalue weighted by Crippen LogP contribution is -2.29. The molecule has 0 aromatic heterocycles. The minimum absolute atomic E-state index is 0. The van der Waals surface area contributed by atoms with Crippen LogP contribution in [0.25, 0.3) is 0 Å². The Labute approximate surface area is 160 Å². The third-order valence-corrected chi connectivity index (χ3v) is 5.05. The molecule has 0 aliphatic rings. The van der Waals surface area contributed by atoms with Gasteiger partial charge in [-0.15, -0.1) is 12.4 Å². The first kappa shape index (κ1) is 22.1. The first-order valence-electron chi connectivity index (χ1n) is 8.06. The van der Waals surface area contributed by atoms with E-state index < -0.39 is 10.0 Å². The normalized spacial score (nSPS) is 10.8. The van der Waals surface area contributed by atoms with Crippen molar-refractivity contribution in [2.75, 3.05) is 18.4 Å². The molecular weight excluding hydrogens is 374 g/mol. The van der Waals surface area contributed by atoms with Crippen LogP contribution in [0.15, 0.2) is 53.4 Å². The summed E-state index contributed by atoms with van der Waals surface area (Å²) in [5.41, 5.74) is 8.01. The van der Waals surface area contributed by atoms with Crippen LogP contribution in [0.5, 0.6) is 0 Å². The summed E-state index contributed by atoms with van der Waals surface area (Å²) < 4.78 is 26.6. The van der Waals surface area contributed by atoms with E-state index in [1.54, 1.807) is 12.1 Å². The van der Waals surface area contributed by atoms with Gasteiger partial charge in [0.2, 0.25) is 15.9 Å². The third-order valence-electron chi connectivity index (χ3n) is 3.59. The highest BCUT2D eigenvalue weighted by molar-refractivity contribution is 7.89. The molecule has 4 N–H and O–H groups in total. The van der Waals surface area contributed by atoms with E-state index in [0.717, 1.165) is 11.1 Å². The second-order valence-electron chi connectivity index (χ2n) is 5.75. The molecule has 8 heteroatoms. The summed E-state index contributed by atoms with van der Waals surface area (Å²) in [7, 11) is -3.62. The molecule has 0 spiro atoms. The van der Waals surface area contributed by atoms with Crippen LogP contribution in [0.4, 0.5) is 5.69 Å². The average Bonchev–Trinajstić information content (AvgIpc) is 2.58. The van der Waals surface area contributed by atoms with Crippen LogP contribution in [0, 0.1) is 6.92 Å². The van der Waals surface area contributed by atoms with Crippen molar-refractivity contribution in [3.05, 3.63) is 59.7 Å². The fourth-order valence-corrected chi connectivity index (χ4v) is 3.46. The molecule has 0 radical (unpaired) electrons. The second-order valence-corrected chi connectivity index (χ2v) is 7.52. The molecule has 0 aliphatic heterocycles. The number of carbonyl (C=O) groups excluding carboxylic acids is 1. The van der Waals surface area contributed by atoms with Crippen molar-refractivity contribution in [1.29, 1.82) is 0 Å². The van der Waals surface area contributed by atoms with Crippen molar-refractivity contribution in [3.63, 3.8) is 0 Å². The Kier molecular flexibility index (Phi) is 8.74. The zero-order valence-electron chi connectivity index (χ0n) is 14.6. The van der Waals surface area contributed by atoms with E-state index in [-0.39, 0.29) is 36.3 Å². The summed E-state index contributed by atoms with van der Waals surface area (Å²) in [6.45, 7) is 2.39. The van der Waals surface area contributed by atoms with Crippen LogP contribution in [0.1, 0.15) is 17.5 Å². The number of benzene rings is 2. The Hall–Kier alpha value is -1.93. The van der Waals surface area contributed by atoms with Crippen molar-refractivity contribution in [2.24, 2.45) is 5.73 Å². The van der Waals surface area contributed by atoms with Gasteiger partial charge >= 0.3 is 0 Å². The van der Waals surface area contributed by atoms with Crippen molar-refractivity contribution in [2.45, 2.75) is 24.7 Å². The summed E-state index contributed by atoms with van der Waals surface area (Å²) in [5.74, 6) is -0.161. The first-order valence-corrected chi connectivity index (χ1v) is 9.54. The summed E-state index contributed by atoms with van der Waals surface area (Å²) in [4.78, 5) is 12.2. The molecule has 2 rings (SSSR count). The van der Waals surface area contributed by atoms with Gasteiger partial charge in [-0.1, -0.05) is 35.9 Å². The number of hydrogen-bond acceptors (Lipinski definition) is 4. The lowest BCUT2D eigenvalue weighted by Gasteiger charge is -2.09. The smallest absolute Gasteiger partial charge is 0.240 e. The molecule has 0 unspecified atom stereocenters. The Morgan fingerprint density at radius 2 is 1.85 bits per heavy atom. The predicted molar refractivity (Wildman–Crippen MR) is 106 cm³/mol. The molecule has 0 bridgehead atoms. The van der Waals surface area contributed by atoms with Gasteiger partial charge in [-0.3, -0.25) is 4.79 Å². The Morgan fingerprint density at radius 1 is 1.12 bits per heavy atom. The maximum atomic E-state index is 12.1. The molecule has 6 nitrogen and oxygen atoms in total. The van der Waals surface area contributed by atoms with Crippen LogP contribution < -0.4 is 15.8 Å². The minimum atomic E-state index is -3.62. The van der Waals surface area contributed by atoms with Gasteiger partial charge in [0.05, 0.1) is 4.90 Å². The maximum Gasteiger partial charge on any atom is 0.240 e. The zero-order valence-corrected chi connectivity index (χ0v) is 16.2. The van der Waals surface area contributed by atoms with Gasteiger partial charge in [0.25, 0.3) is 0 Å². The number of hydrogen-bond donors (Lipinski definition) is 3. The number of rotatable bonds is 8. The summed E-state index contributed by atoms with van der Waals surface area (Å²) in [6.07, 6.45) is 0.954. The number of halogens is 1. The van der Waals surface area contributed by atoms with Crippen LogP contribution >= 0.6 is 12.4 Å². The van der Waals surface area contributed by atoms with E-state index in [1.165, 1.54) is 12.1 Å². The SMILES string of the molecule is Cc1cccc(CCC(=O)Nc2cccc(S(=O)(=O)NCCN)c2)c1.Cl. The van der Waals surface area contributed by atoms with E-state index in [0.29, 0.717) is 18.5 Å². The van der Waals surface area contributed by atoms with Gasteiger partial charge in [0.15, 0.2) is 0 Å². The van der Waals surface area contributed by atoms with Crippen molar-refractivity contribution in [1.82, 2.24) is 4.72 Å². The standard InChI is InChI=1S/C18H23N3O3S.ClH/c1-14-4-2-5-15(12-14)8-9-18(22)21-16-6-3-7-17(13-16)25(23,24)20-11-10-19;/h2-7,12-13,20H,8-11,19H2,1H3,(H,21,22);1H. The van der Waals surface area contributed by atoms with Crippen LogP contribution in [0.2, 0.25) is 0 Å². The van der Waals surface area contributed by atoms with E-state index in [4.69, 9.17) is 5.73 Å². The number of nitrogens with one attached hydrogen (secondary N) is 2. The molecule has 0 saturated carbocycles. The predicted octanol–water partition coefficient (Wildman–Crippen LogP) is 2.23. The van der Waals surface area contributed by atoms with Gasteiger partial charge < -0.3 is 11.1 Å². The molecule has 2 aromatic rings. The number of anilines is 1. The largest absolute Gasteiger partial charge is 0.329 e. The molecule has 0 heterocycles. The quantitative estimate of drug-likeness (QED) is 0.635. The third kappa shape index (κ3) is 6.76. The first-order chi connectivity index (χ1) is 11.9. The highest BCUT2D eigenvalue weighted by atomic mass is 35.5. The maximum absolute atomic E-state index is 12.1. The summed E-state index contributed by atoms with van der Waals surface area (Å²) in [6, 6.07) is 14.2. The molecule has 0 aliphatic carbocycles. The Morgan fingerprint density at radius 3 is 2.54 bits per heavy atom. The van der Waals surface area contributed by atoms with E-state index in [2.05, 4.69) is 10.0 Å². The molecule has 0 atom stereocenters. The molecule has 0 fully saturated rings. The highest BCUT2D eigenvalue weighted by Crippen LogP contribution is 2.16. The van der Waals surface area contributed by atoms with Crippen molar-refractivity contribution < 1.29 is 13.2 Å². The highest BCUT2D eigenvalue weighted by Gasteiger charge is 2.14. The molecule has 26 heavy (non-hydrogen) atoms. The Balaban J connectivity index is 0.00000338. The zero-order chi connectivity index (χ0) is 18.3. The van der Waals surface area contributed by atoms with Crippen LogP contribution in [-0.2, 0) is 21.2 Å². The van der Waals surface area contributed by atoms with E-state index in [9.17, 15) is 13.2 Å².